The molecule has 0 saturated heterocycles. The predicted molar refractivity (Wildman–Crippen MR) is 108 cm³/mol. The monoisotopic (exact) mass is 450 g/mol. The zero-order valence-electron chi connectivity index (χ0n) is 15.9. The van der Waals surface area contributed by atoms with Gasteiger partial charge in [-0.05, 0) is 43.7 Å². The number of ether oxygens (including phenoxy) is 3. The number of amides is 1. The van der Waals surface area contributed by atoms with Crippen molar-refractivity contribution in [3.05, 3.63) is 52.3 Å². The van der Waals surface area contributed by atoms with Gasteiger partial charge in [-0.15, -0.1) is 0 Å². The first-order valence-electron chi connectivity index (χ1n) is 8.97. The molecule has 0 saturated carbocycles. The summed E-state index contributed by atoms with van der Waals surface area (Å²) >= 11 is 3.45. The topological polar surface area (TPSA) is 86.8 Å². The molecule has 8 heteroatoms. The van der Waals surface area contributed by atoms with E-state index in [1.54, 1.807) is 36.7 Å². The van der Waals surface area contributed by atoms with Crippen molar-refractivity contribution in [2.75, 3.05) is 26.4 Å². The summed E-state index contributed by atoms with van der Waals surface area (Å²) in [6.45, 7) is 5.08. The summed E-state index contributed by atoms with van der Waals surface area (Å²) in [6.07, 6.45) is 3.16. The van der Waals surface area contributed by atoms with Crippen LogP contribution >= 0.6 is 15.9 Å². The van der Waals surface area contributed by atoms with Crippen LogP contribution in [0.15, 0.2) is 41.1 Å². The Morgan fingerprint density at radius 1 is 1.07 bits per heavy atom. The van der Waals surface area contributed by atoms with Crippen molar-refractivity contribution in [2.45, 2.75) is 20.3 Å². The van der Waals surface area contributed by atoms with E-state index in [1.165, 1.54) is 0 Å². The number of rotatable bonds is 10. The van der Waals surface area contributed by atoms with E-state index in [-0.39, 0.29) is 25.5 Å². The van der Waals surface area contributed by atoms with Crippen molar-refractivity contribution < 1.29 is 23.8 Å². The first-order valence-corrected chi connectivity index (χ1v) is 9.76. The number of carbonyl (C=O) groups is 2. The highest BCUT2D eigenvalue weighted by Crippen LogP contribution is 2.34. The summed E-state index contributed by atoms with van der Waals surface area (Å²) in [5.74, 6) is 0.562. The highest BCUT2D eigenvalue weighted by molar-refractivity contribution is 9.10. The van der Waals surface area contributed by atoms with E-state index in [1.807, 2.05) is 13.8 Å². The van der Waals surface area contributed by atoms with E-state index >= 15 is 0 Å². The molecule has 1 aromatic heterocycles. The number of esters is 1. The standard InChI is InChI=1S/C20H23BrN2O5/c1-3-26-17-11-15(16(21)13-18(17)27-4-2)12-19(24)28-10-9-23-20(25)14-5-7-22-8-6-14/h5-8,11,13H,3-4,9-10,12H2,1-2H3,(H,23,25). The van der Waals surface area contributed by atoms with Crippen molar-refractivity contribution >= 4 is 27.8 Å². The molecule has 0 unspecified atom stereocenters. The summed E-state index contributed by atoms with van der Waals surface area (Å²) < 4.78 is 17.1. The zero-order chi connectivity index (χ0) is 20.4. The van der Waals surface area contributed by atoms with Crippen LogP contribution in [0, 0.1) is 0 Å². The van der Waals surface area contributed by atoms with Crippen LogP contribution in [-0.2, 0) is 16.0 Å². The molecule has 0 fully saturated rings. The van der Waals surface area contributed by atoms with Crippen LogP contribution in [0.3, 0.4) is 0 Å². The van der Waals surface area contributed by atoms with Crippen LogP contribution in [0.1, 0.15) is 29.8 Å². The van der Waals surface area contributed by atoms with Crippen molar-refractivity contribution in [2.24, 2.45) is 0 Å². The third-order valence-corrected chi connectivity index (χ3v) is 4.38. The van der Waals surface area contributed by atoms with Gasteiger partial charge in [0.1, 0.15) is 6.61 Å². The average Bonchev–Trinajstić information content (AvgIpc) is 2.69. The number of aromatic nitrogens is 1. The van der Waals surface area contributed by atoms with Crippen molar-refractivity contribution in [1.29, 1.82) is 0 Å². The number of hydrogen-bond donors (Lipinski definition) is 1. The molecule has 2 aromatic rings. The Kier molecular flexibility index (Phi) is 8.74. The van der Waals surface area contributed by atoms with Crippen LogP contribution in [0.5, 0.6) is 11.5 Å². The molecule has 0 atom stereocenters. The SMILES string of the molecule is CCOc1cc(Br)c(CC(=O)OCCNC(=O)c2ccncc2)cc1OCC. The van der Waals surface area contributed by atoms with Gasteiger partial charge < -0.3 is 19.5 Å². The van der Waals surface area contributed by atoms with E-state index in [0.717, 1.165) is 10.0 Å². The Hall–Kier alpha value is -2.61. The molecular weight excluding hydrogens is 428 g/mol. The second-order valence-corrected chi connectivity index (χ2v) is 6.50. The molecule has 28 heavy (non-hydrogen) atoms. The molecule has 150 valence electrons. The van der Waals surface area contributed by atoms with E-state index in [2.05, 4.69) is 26.2 Å². The van der Waals surface area contributed by atoms with Crippen LogP contribution < -0.4 is 14.8 Å². The lowest BCUT2D eigenvalue weighted by Crippen LogP contribution is -2.28. The van der Waals surface area contributed by atoms with Crippen molar-refractivity contribution in [3.8, 4) is 11.5 Å². The fourth-order valence-electron chi connectivity index (χ4n) is 2.39. The molecule has 0 radical (unpaired) electrons. The van der Waals surface area contributed by atoms with Gasteiger partial charge in [0.05, 0.1) is 26.2 Å². The molecule has 0 spiro atoms. The highest BCUT2D eigenvalue weighted by Gasteiger charge is 2.14. The van der Waals surface area contributed by atoms with Crippen LogP contribution in [-0.4, -0.2) is 43.2 Å². The maximum absolute atomic E-state index is 12.1. The molecule has 1 aromatic carbocycles. The zero-order valence-corrected chi connectivity index (χ0v) is 17.5. The lowest BCUT2D eigenvalue weighted by Gasteiger charge is -2.14. The first-order chi connectivity index (χ1) is 13.5. The number of halogens is 1. The van der Waals surface area contributed by atoms with Gasteiger partial charge in [0.15, 0.2) is 11.5 Å². The summed E-state index contributed by atoms with van der Waals surface area (Å²) in [5, 5.41) is 2.69. The number of pyridine rings is 1. The van der Waals surface area contributed by atoms with Gasteiger partial charge in [-0.3, -0.25) is 14.6 Å². The van der Waals surface area contributed by atoms with Gasteiger partial charge in [-0.25, -0.2) is 0 Å². The average molecular weight is 451 g/mol. The van der Waals surface area contributed by atoms with Gasteiger partial charge in [0.25, 0.3) is 5.91 Å². The minimum Gasteiger partial charge on any atom is -0.490 e. The second-order valence-electron chi connectivity index (χ2n) is 5.65. The molecule has 7 nitrogen and oxygen atoms in total. The summed E-state index contributed by atoms with van der Waals surface area (Å²) in [4.78, 5) is 27.9. The summed E-state index contributed by atoms with van der Waals surface area (Å²) in [7, 11) is 0. The number of carbonyl (C=O) groups excluding carboxylic acids is 2. The summed E-state index contributed by atoms with van der Waals surface area (Å²) in [5.41, 5.74) is 1.24. The van der Waals surface area contributed by atoms with E-state index < -0.39 is 5.97 Å². The predicted octanol–water partition coefficient (Wildman–Crippen LogP) is 3.16. The second kappa shape index (κ2) is 11.3. The molecule has 1 N–H and O–H groups in total. The first kappa shape index (κ1) is 21.7. The number of benzene rings is 1. The number of nitrogens with one attached hydrogen (secondary N) is 1. The lowest BCUT2D eigenvalue weighted by atomic mass is 10.1. The van der Waals surface area contributed by atoms with Gasteiger partial charge in [-0.2, -0.15) is 0 Å². The number of hydrogen-bond acceptors (Lipinski definition) is 6. The Morgan fingerprint density at radius 2 is 1.71 bits per heavy atom. The lowest BCUT2D eigenvalue weighted by molar-refractivity contribution is -0.142. The summed E-state index contributed by atoms with van der Waals surface area (Å²) in [6, 6.07) is 6.78. The Morgan fingerprint density at radius 3 is 2.36 bits per heavy atom. The highest BCUT2D eigenvalue weighted by atomic mass is 79.9. The largest absolute Gasteiger partial charge is 0.490 e. The van der Waals surface area contributed by atoms with Crippen LogP contribution in [0.25, 0.3) is 0 Å². The smallest absolute Gasteiger partial charge is 0.310 e. The van der Waals surface area contributed by atoms with E-state index in [4.69, 9.17) is 14.2 Å². The third-order valence-electron chi connectivity index (χ3n) is 3.64. The maximum Gasteiger partial charge on any atom is 0.310 e. The normalized spacial score (nSPS) is 10.2. The fourth-order valence-corrected chi connectivity index (χ4v) is 2.85. The molecule has 0 aliphatic rings. The Bertz CT molecular complexity index is 799. The molecule has 0 bridgehead atoms. The van der Waals surface area contributed by atoms with Gasteiger partial charge >= 0.3 is 5.97 Å². The van der Waals surface area contributed by atoms with Crippen LogP contribution in [0.4, 0.5) is 0 Å². The fraction of sp³-hybridized carbons (Fsp3) is 0.350. The van der Waals surface area contributed by atoms with Crippen molar-refractivity contribution in [1.82, 2.24) is 10.3 Å². The number of nitrogens with zero attached hydrogens (tertiary/aromatic N) is 1. The third kappa shape index (κ3) is 6.53. The van der Waals surface area contributed by atoms with Crippen molar-refractivity contribution in [3.63, 3.8) is 0 Å². The molecule has 0 aliphatic heterocycles. The van der Waals surface area contributed by atoms with Gasteiger partial charge in [-0.1, -0.05) is 15.9 Å². The molecule has 0 aliphatic carbocycles. The maximum atomic E-state index is 12.1. The van der Waals surface area contributed by atoms with E-state index in [9.17, 15) is 9.59 Å². The Balaban J connectivity index is 1.85. The molecule has 1 heterocycles. The molecule has 1 amide bonds. The minimum absolute atomic E-state index is 0.0748. The Labute approximate surface area is 172 Å². The molecule has 2 rings (SSSR count). The molecular formula is C20H23BrN2O5. The van der Waals surface area contributed by atoms with E-state index in [0.29, 0.717) is 30.3 Å². The quantitative estimate of drug-likeness (QED) is 0.441. The van der Waals surface area contributed by atoms with Gasteiger partial charge in [0.2, 0.25) is 0 Å². The van der Waals surface area contributed by atoms with Crippen LogP contribution in [0.2, 0.25) is 0 Å². The van der Waals surface area contributed by atoms with Gasteiger partial charge in [0, 0.05) is 22.4 Å². The minimum atomic E-state index is -0.398.